The number of rotatable bonds is 5. The van der Waals surface area contributed by atoms with Gasteiger partial charge in [-0.2, -0.15) is 0 Å². The fourth-order valence-corrected chi connectivity index (χ4v) is 2.45. The molecule has 0 aliphatic rings. The molecule has 0 fully saturated rings. The van der Waals surface area contributed by atoms with Gasteiger partial charge in [-0.05, 0) is 29.8 Å². The van der Waals surface area contributed by atoms with Crippen molar-refractivity contribution in [3.63, 3.8) is 0 Å². The number of anilines is 2. The maximum absolute atomic E-state index is 12.6. The quantitative estimate of drug-likeness (QED) is 0.765. The first-order valence-corrected chi connectivity index (χ1v) is 8.11. The lowest BCUT2D eigenvalue weighted by Gasteiger charge is -2.13. The van der Waals surface area contributed by atoms with E-state index in [4.69, 9.17) is 4.74 Å². The van der Waals surface area contributed by atoms with Gasteiger partial charge in [0.1, 0.15) is 11.6 Å². The van der Waals surface area contributed by atoms with E-state index in [0.717, 1.165) is 22.7 Å². The zero-order valence-electron chi connectivity index (χ0n) is 14.9. The summed E-state index contributed by atoms with van der Waals surface area (Å²) in [5, 5.41) is 2.88. The van der Waals surface area contributed by atoms with Crippen molar-refractivity contribution in [2.24, 2.45) is 0 Å². The van der Waals surface area contributed by atoms with Crippen molar-refractivity contribution < 1.29 is 9.53 Å². The second-order valence-electron chi connectivity index (χ2n) is 5.94. The summed E-state index contributed by atoms with van der Waals surface area (Å²) in [4.78, 5) is 22.9. The van der Waals surface area contributed by atoms with Crippen molar-refractivity contribution in [2.75, 3.05) is 31.4 Å². The molecule has 0 unspecified atom stereocenters. The Balaban J connectivity index is 1.80. The van der Waals surface area contributed by atoms with Crippen LogP contribution in [0.25, 0.3) is 11.1 Å². The zero-order chi connectivity index (χ0) is 18.5. The van der Waals surface area contributed by atoms with E-state index in [9.17, 15) is 4.79 Å². The first-order valence-electron chi connectivity index (χ1n) is 8.11. The monoisotopic (exact) mass is 348 g/mol. The second-order valence-corrected chi connectivity index (χ2v) is 5.94. The molecule has 1 aromatic carbocycles. The van der Waals surface area contributed by atoms with Gasteiger partial charge in [-0.15, -0.1) is 0 Å². The lowest BCUT2D eigenvalue weighted by atomic mass is 10.1. The van der Waals surface area contributed by atoms with Crippen LogP contribution in [0.3, 0.4) is 0 Å². The molecule has 0 radical (unpaired) electrons. The lowest BCUT2D eigenvalue weighted by Crippen LogP contribution is -2.14. The molecule has 1 N–H and O–H groups in total. The average molecular weight is 348 g/mol. The summed E-state index contributed by atoms with van der Waals surface area (Å²) in [6.07, 6.45) is 4.95. The molecular formula is C20H20N4O2. The minimum atomic E-state index is -0.219. The van der Waals surface area contributed by atoms with Crippen LogP contribution in [0.5, 0.6) is 5.75 Å². The van der Waals surface area contributed by atoms with Gasteiger partial charge in [0.15, 0.2) is 0 Å². The van der Waals surface area contributed by atoms with Crippen LogP contribution < -0.4 is 15.0 Å². The third kappa shape index (κ3) is 3.97. The highest BCUT2D eigenvalue weighted by Crippen LogP contribution is 2.23. The van der Waals surface area contributed by atoms with Gasteiger partial charge in [0.2, 0.25) is 0 Å². The van der Waals surface area contributed by atoms with Crippen LogP contribution >= 0.6 is 0 Å². The summed E-state index contributed by atoms with van der Waals surface area (Å²) < 4.78 is 5.17. The van der Waals surface area contributed by atoms with Gasteiger partial charge in [0, 0.05) is 50.0 Å². The maximum Gasteiger partial charge on any atom is 0.257 e. The molecule has 26 heavy (non-hydrogen) atoms. The Morgan fingerprint density at radius 2 is 1.81 bits per heavy atom. The Labute approximate surface area is 152 Å². The summed E-state index contributed by atoms with van der Waals surface area (Å²) in [6.45, 7) is 0. The molecule has 3 aromatic rings. The van der Waals surface area contributed by atoms with E-state index < -0.39 is 0 Å². The van der Waals surface area contributed by atoms with Gasteiger partial charge in [0.25, 0.3) is 5.91 Å². The molecule has 6 nitrogen and oxygen atoms in total. The Hall–Kier alpha value is -3.41. The van der Waals surface area contributed by atoms with Gasteiger partial charge in [-0.3, -0.25) is 9.78 Å². The van der Waals surface area contributed by atoms with E-state index in [1.54, 1.807) is 31.8 Å². The molecule has 0 saturated heterocycles. The third-order valence-electron chi connectivity index (χ3n) is 3.89. The molecule has 0 aliphatic carbocycles. The Morgan fingerprint density at radius 1 is 1.04 bits per heavy atom. The predicted molar refractivity (Wildman–Crippen MR) is 103 cm³/mol. The average Bonchev–Trinajstić information content (AvgIpc) is 2.68. The Kier molecular flexibility index (Phi) is 5.12. The molecular weight excluding hydrogens is 328 g/mol. The van der Waals surface area contributed by atoms with Gasteiger partial charge in [-0.25, -0.2) is 4.98 Å². The van der Waals surface area contributed by atoms with Crippen LogP contribution in [0.15, 0.2) is 61.1 Å². The van der Waals surface area contributed by atoms with Crippen molar-refractivity contribution in [2.45, 2.75) is 0 Å². The minimum Gasteiger partial charge on any atom is -0.497 e. The molecule has 0 spiro atoms. The normalized spacial score (nSPS) is 10.3. The molecule has 0 saturated carbocycles. The molecule has 0 atom stereocenters. The van der Waals surface area contributed by atoms with Crippen molar-refractivity contribution in [1.82, 2.24) is 9.97 Å². The van der Waals surface area contributed by atoms with Crippen LogP contribution in [0.1, 0.15) is 10.4 Å². The van der Waals surface area contributed by atoms with Gasteiger partial charge >= 0.3 is 0 Å². The first-order chi connectivity index (χ1) is 12.6. The van der Waals surface area contributed by atoms with E-state index in [2.05, 4.69) is 15.3 Å². The summed E-state index contributed by atoms with van der Waals surface area (Å²) in [5.74, 6) is 1.33. The van der Waals surface area contributed by atoms with E-state index >= 15 is 0 Å². The number of carbonyl (C=O) groups excluding carboxylic acids is 1. The van der Waals surface area contributed by atoms with Crippen LogP contribution in [-0.2, 0) is 0 Å². The van der Waals surface area contributed by atoms with E-state index in [-0.39, 0.29) is 5.91 Å². The predicted octanol–water partition coefficient (Wildman–Crippen LogP) is 3.47. The Morgan fingerprint density at radius 3 is 2.50 bits per heavy atom. The number of hydrogen-bond donors (Lipinski definition) is 1. The van der Waals surface area contributed by atoms with Crippen LogP contribution in [0.4, 0.5) is 11.5 Å². The molecule has 2 heterocycles. The highest BCUT2D eigenvalue weighted by molar-refractivity contribution is 6.04. The van der Waals surface area contributed by atoms with Gasteiger partial charge in [0.05, 0.1) is 12.7 Å². The number of nitrogens with zero attached hydrogens (tertiary/aromatic N) is 3. The van der Waals surface area contributed by atoms with Gasteiger partial charge in [-0.1, -0.05) is 12.1 Å². The lowest BCUT2D eigenvalue weighted by molar-refractivity contribution is 0.102. The topological polar surface area (TPSA) is 67.3 Å². The zero-order valence-corrected chi connectivity index (χ0v) is 14.9. The first kappa shape index (κ1) is 17.4. The number of nitrogens with one attached hydrogen (secondary N) is 1. The molecule has 0 aliphatic heterocycles. The van der Waals surface area contributed by atoms with Crippen molar-refractivity contribution in [3.8, 4) is 16.9 Å². The number of benzene rings is 1. The largest absolute Gasteiger partial charge is 0.497 e. The van der Waals surface area contributed by atoms with E-state index in [0.29, 0.717) is 11.3 Å². The number of ether oxygens (including phenoxy) is 1. The number of pyridine rings is 2. The van der Waals surface area contributed by atoms with Crippen molar-refractivity contribution >= 4 is 17.4 Å². The van der Waals surface area contributed by atoms with Crippen molar-refractivity contribution in [1.29, 1.82) is 0 Å². The molecule has 1 amide bonds. The smallest absolute Gasteiger partial charge is 0.257 e. The van der Waals surface area contributed by atoms with Crippen LogP contribution in [-0.4, -0.2) is 37.1 Å². The number of aromatic nitrogens is 2. The van der Waals surface area contributed by atoms with Gasteiger partial charge < -0.3 is 15.0 Å². The standard InChI is InChI=1S/C20H20N4O2/c1-24(2)19-11-17(8-9-22-19)23-20(25)16-10-15(12-21-13-16)14-4-6-18(26-3)7-5-14/h4-13H,1-3H3,(H,22,23,25). The number of amides is 1. The number of hydrogen-bond acceptors (Lipinski definition) is 5. The van der Waals surface area contributed by atoms with Crippen molar-refractivity contribution in [3.05, 3.63) is 66.6 Å². The van der Waals surface area contributed by atoms with Crippen LogP contribution in [0.2, 0.25) is 0 Å². The maximum atomic E-state index is 12.6. The molecule has 3 rings (SSSR count). The second kappa shape index (κ2) is 7.65. The summed E-state index contributed by atoms with van der Waals surface area (Å²) in [7, 11) is 5.43. The highest BCUT2D eigenvalue weighted by atomic mass is 16.5. The highest BCUT2D eigenvalue weighted by Gasteiger charge is 2.10. The molecule has 2 aromatic heterocycles. The molecule has 0 bridgehead atoms. The van der Waals surface area contributed by atoms with Crippen LogP contribution in [0, 0.1) is 0 Å². The summed E-state index contributed by atoms with van der Waals surface area (Å²) in [5.41, 5.74) is 3.00. The number of carbonyl (C=O) groups is 1. The SMILES string of the molecule is COc1ccc(-c2cncc(C(=O)Nc3ccnc(N(C)C)c3)c2)cc1. The van der Waals surface area contributed by atoms with E-state index in [1.807, 2.05) is 55.4 Å². The third-order valence-corrected chi connectivity index (χ3v) is 3.89. The summed E-state index contributed by atoms with van der Waals surface area (Å²) >= 11 is 0. The fourth-order valence-electron chi connectivity index (χ4n) is 2.45. The molecule has 132 valence electrons. The Bertz CT molecular complexity index is 908. The summed E-state index contributed by atoms with van der Waals surface area (Å²) in [6, 6.07) is 13.0. The van der Waals surface area contributed by atoms with E-state index in [1.165, 1.54) is 0 Å². The minimum absolute atomic E-state index is 0.219. The molecule has 6 heteroatoms. The fraction of sp³-hybridized carbons (Fsp3) is 0.150. The number of methoxy groups -OCH3 is 1.